The average Bonchev–Trinajstić information content (AvgIpc) is 3.59. The summed E-state index contributed by atoms with van der Waals surface area (Å²) < 4.78 is 0. The number of aliphatic imine (C=N–C) groups is 1. The van der Waals surface area contributed by atoms with Gasteiger partial charge in [0.1, 0.15) is 0 Å². The molecule has 4 atom stereocenters. The van der Waals surface area contributed by atoms with Crippen molar-refractivity contribution in [3.05, 3.63) is 59.2 Å². The van der Waals surface area contributed by atoms with Gasteiger partial charge in [0.15, 0.2) is 0 Å². The smallest absolute Gasteiger partial charge is 0.0865 e. The Morgan fingerprint density at radius 2 is 1.93 bits per heavy atom. The predicted molar refractivity (Wildman–Crippen MR) is 127 cm³/mol. The topological polar surface area (TPSA) is 30.9 Å². The number of aryl methyl sites for hydroxylation is 1. The summed E-state index contributed by atoms with van der Waals surface area (Å²) in [5.74, 6) is 1.23. The lowest BCUT2D eigenvalue weighted by atomic mass is 9.86. The van der Waals surface area contributed by atoms with Crippen LogP contribution >= 0.6 is 0 Å². The summed E-state index contributed by atoms with van der Waals surface area (Å²) >= 11 is 0. The highest BCUT2D eigenvalue weighted by Gasteiger charge is 2.45. The summed E-state index contributed by atoms with van der Waals surface area (Å²) in [7, 11) is 4.30. The maximum atomic E-state index is 4.74. The Bertz CT molecular complexity index is 922. The van der Waals surface area contributed by atoms with Gasteiger partial charge in [0.05, 0.1) is 17.9 Å². The van der Waals surface area contributed by atoms with Crippen LogP contribution in [0.4, 0.5) is 11.4 Å². The molecule has 0 radical (unpaired) electrons. The van der Waals surface area contributed by atoms with Gasteiger partial charge in [-0.05, 0) is 55.6 Å². The second-order valence-corrected chi connectivity index (χ2v) is 9.20. The molecule has 1 aliphatic carbocycles. The Labute approximate surface area is 181 Å². The number of nitrogens with zero attached hydrogens (tertiary/aromatic N) is 3. The summed E-state index contributed by atoms with van der Waals surface area (Å²) in [5.41, 5.74) is 6.91. The lowest BCUT2D eigenvalue weighted by Crippen LogP contribution is -2.48. The van der Waals surface area contributed by atoms with Crippen LogP contribution in [0.5, 0.6) is 0 Å². The van der Waals surface area contributed by atoms with Gasteiger partial charge in [0, 0.05) is 43.7 Å². The molecule has 4 heteroatoms. The van der Waals surface area contributed by atoms with Gasteiger partial charge < -0.3 is 10.2 Å². The first kappa shape index (κ1) is 19.8. The minimum Gasteiger partial charge on any atom is -0.367 e. The first-order chi connectivity index (χ1) is 14.7. The zero-order valence-electron chi connectivity index (χ0n) is 18.5. The van der Waals surface area contributed by atoms with Crippen LogP contribution in [-0.2, 0) is 6.42 Å². The number of likely N-dealkylation sites (tertiary alicyclic amines) is 1. The van der Waals surface area contributed by atoms with Gasteiger partial charge in [-0.25, -0.2) is 0 Å². The Balaban J connectivity index is 1.35. The second kappa shape index (κ2) is 8.16. The Morgan fingerprint density at radius 3 is 2.70 bits per heavy atom. The molecule has 0 aromatic heterocycles. The molecule has 3 aliphatic rings. The van der Waals surface area contributed by atoms with Crippen LogP contribution in [0.3, 0.4) is 0 Å². The van der Waals surface area contributed by atoms with Crippen LogP contribution in [-0.4, -0.2) is 56.9 Å². The fourth-order valence-electron chi connectivity index (χ4n) is 5.68. The quantitative estimate of drug-likeness (QED) is 0.807. The number of fused-ring (bicyclic) bond motifs is 1. The van der Waals surface area contributed by atoms with Crippen molar-refractivity contribution in [3.63, 3.8) is 0 Å². The molecule has 2 fully saturated rings. The lowest BCUT2D eigenvalue weighted by molar-refractivity contribution is 0.168. The fourth-order valence-corrected chi connectivity index (χ4v) is 5.68. The predicted octanol–water partition coefficient (Wildman–Crippen LogP) is 4.33. The number of anilines is 1. The molecule has 0 spiro atoms. The summed E-state index contributed by atoms with van der Waals surface area (Å²) in [6.45, 7) is 5.53. The number of hydrogen-bond donors (Lipinski definition) is 1. The molecule has 0 amide bonds. The van der Waals surface area contributed by atoms with E-state index in [-0.39, 0.29) is 0 Å². The SMILES string of the molecule is CCc1cc(C2CC2N2CC[C@@H](NC)[C@@H](c3ccccc3)C2)cc2c1N(C)CC=N2. The van der Waals surface area contributed by atoms with Crippen molar-refractivity contribution < 1.29 is 0 Å². The van der Waals surface area contributed by atoms with Crippen LogP contribution in [0.2, 0.25) is 0 Å². The molecule has 0 bridgehead atoms. The van der Waals surface area contributed by atoms with E-state index in [2.05, 4.69) is 78.6 Å². The highest BCUT2D eigenvalue weighted by atomic mass is 15.2. The van der Waals surface area contributed by atoms with E-state index in [1.165, 1.54) is 47.5 Å². The van der Waals surface area contributed by atoms with E-state index in [4.69, 9.17) is 4.99 Å². The molecule has 4 nitrogen and oxygen atoms in total. The van der Waals surface area contributed by atoms with Crippen LogP contribution < -0.4 is 10.2 Å². The standard InChI is InChI=1S/C26H34N4/c1-4-18-14-20(15-24-26(18)29(3)13-11-28-24)21-16-25(21)30-12-10-23(27-2)22(17-30)19-8-6-5-7-9-19/h5-9,11,14-15,21-23,25,27H,4,10,12-13,16-17H2,1-3H3/t21?,22-,23-,25?/m1/s1. The van der Waals surface area contributed by atoms with E-state index in [1.807, 2.05) is 6.21 Å². The molecule has 2 aliphatic heterocycles. The van der Waals surface area contributed by atoms with Crippen LogP contribution in [0.15, 0.2) is 47.5 Å². The van der Waals surface area contributed by atoms with E-state index in [0.29, 0.717) is 23.9 Å². The minimum absolute atomic E-state index is 0.569. The average molecular weight is 403 g/mol. The van der Waals surface area contributed by atoms with E-state index >= 15 is 0 Å². The highest BCUT2D eigenvalue weighted by Crippen LogP contribution is 2.49. The van der Waals surface area contributed by atoms with E-state index < -0.39 is 0 Å². The van der Waals surface area contributed by atoms with Crippen molar-refractivity contribution in [2.45, 2.75) is 50.1 Å². The van der Waals surface area contributed by atoms with Crippen molar-refractivity contribution in [2.24, 2.45) is 4.99 Å². The normalized spacial score (nSPS) is 28.4. The van der Waals surface area contributed by atoms with E-state index in [0.717, 1.165) is 19.5 Å². The van der Waals surface area contributed by atoms with Crippen molar-refractivity contribution in [1.82, 2.24) is 10.2 Å². The monoisotopic (exact) mass is 402 g/mol. The molecule has 1 saturated carbocycles. The molecule has 1 N–H and O–H groups in total. The Kier molecular flexibility index (Phi) is 5.38. The number of likely N-dealkylation sites (N-methyl/N-ethyl adjacent to an activating group) is 1. The maximum Gasteiger partial charge on any atom is 0.0865 e. The molecule has 158 valence electrons. The second-order valence-electron chi connectivity index (χ2n) is 9.20. The molecular weight excluding hydrogens is 368 g/mol. The van der Waals surface area contributed by atoms with Gasteiger partial charge in [0.25, 0.3) is 0 Å². The largest absolute Gasteiger partial charge is 0.367 e. The zero-order chi connectivity index (χ0) is 20.7. The molecule has 2 aromatic rings. The third-order valence-corrected chi connectivity index (χ3v) is 7.44. The Hall–Kier alpha value is -2.17. The molecule has 2 aromatic carbocycles. The third-order valence-electron chi connectivity index (χ3n) is 7.44. The summed E-state index contributed by atoms with van der Waals surface area (Å²) in [5, 5.41) is 3.58. The molecule has 30 heavy (non-hydrogen) atoms. The van der Waals surface area contributed by atoms with Crippen LogP contribution in [0.25, 0.3) is 0 Å². The zero-order valence-corrected chi connectivity index (χ0v) is 18.5. The van der Waals surface area contributed by atoms with Gasteiger partial charge >= 0.3 is 0 Å². The molecule has 1 saturated heterocycles. The van der Waals surface area contributed by atoms with Crippen molar-refractivity contribution in [2.75, 3.05) is 38.6 Å². The summed E-state index contributed by atoms with van der Waals surface area (Å²) in [6.07, 6.45) is 5.62. The highest BCUT2D eigenvalue weighted by molar-refractivity contribution is 5.84. The number of rotatable bonds is 5. The number of nitrogens with one attached hydrogen (secondary N) is 1. The van der Waals surface area contributed by atoms with Gasteiger partial charge in [-0.15, -0.1) is 0 Å². The van der Waals surface area contributed by atoms with Crippen molar-refractivity contribution >= 4 is 17.6 Å². The first-order valence-corrected chi connectivity index (χ1v) is 11.6. The fraction of sp³-hybridized carbons (Fsp3) is 0.500. The minimum atomic E-state index is 0.569. The number of piperidine rings is 1. The maximum absolute atomic E-state index is 4.74. The lowest BCUT2D eigenvalue weighted by Gasteiger charge is -2.39. The first-order valence-electron chi connectivity index (χ1n) is 11.6. The van der Waals surface area contributed by atoms with Gasteiger partial charge in [-0.3, -0.25) is 9.89 Å². The molecule has 2 heterocycles. The van der Waals surface area contributed by atoms with Crippen molar-refractivity contribution in [1.29, 1.82) is 0 Å². The van der Waals surface area contributed by atoms with E-state index in [9.17, 15) is 0 Å². The molecular formula is C26H34N4. The molecule has 5 rings (SSSR count). The van der Waals surface area contributed by atoms with Crippen LogP contribution in [0.1, 0.15) is 48.3 Å². The van der Waals surface area contributed by atoms with Gasteiger partial charge in [-0.1, -0.05) is 43.3 Å². The van der Waals surface area contributed by atoms with Crippen molar-refractivity contribution in [3.8, 4) is 0 Å². The van der Waals surface area contributed by atoms with Crippen LogP contribution in [0, 0.1) is 0 Å². The van der Waals surface area contributed by atoms with Gasteiger partial charge in [-0.2, -0.15) is 0 Å². The third kappa shape index (κ3) is 3.57. The number of benzene rings is 2. The summed E-state index contributed by atoms with van der Waals surface area (Å²) in [6, 6.07) is 17.2. The Morgan fingerprint density at radius 1 is 1.10 bits per heavy atom. The van der Waals surface area contributed by atoms with E-state index in [1.54, 1.807) is 0 Å². The summed E-state index contributed by atoms with van der Waals surface area (Å²) in [4.78, 5) is 9.84. The number of hydrogen-bond acceptors (Lipinski definition) is 4. The van der Waals surface area contributed by atoms with Gasteiger partial charge in [0.2, 0.25) is 0 Å². The molecule has 2 unspecified atom stereocenters.